The molecule has 1 atom stereocenters. The van der Waals surface area contributed by atoms with Crippen molar-refractivity contribution < 1.29 is 4.74 Å². The fraction of sp³-hybridized carbons (Fsp3) is 0.280. The zero-order valence-electron chi connectivity index (χ0n) is 19.4. The van der Waals surface area contributed by atoms with E-state index in [-0.39, 0.29) is 11.6 Å². The predicted octanol–water partition coefficient (Wildman–Crippen LogP) is 3.31. The molecule has 10 heteroatoms. The van der Waals surface area contributed by atoms with Crippen molar-refractivity contribution in [1.29, 1.82) is 0 Å². The Labute approximate surface area is 200 Å². The smallest absolute Gasteiger partial charge is 0.280 e. The second kappa shape index (κ2) is 8.55. The van der Waals surface area contributed by atoms with Gasteiger partial charge in [0.15, 0.2) is 11.6 Å². The number of hydrogen-bond acceptors (Lipinski definition) is 7. The monoisotopic (exact) mass is 468 g/mol. The maximum Gasteiger partial charge on any atom is 0.280 e. The van der Waals surface area contributed by atoms with Crippen LogP contribution < -0.4 is 5.56 Å². The van der Waals surface area contributed by atoms with Crippen LogP contribution >= 0.6 is 0 Å². The third-order valence-corrected chi connectivity index (χ3v) is 6.30. The van der Waals surface area contributed by atoms with Crippen LogP contribution in [0.3, 0.4) is 0 Å². The Hall–Kier alpha value is -4.18. The lowest BCUT2D eigenvalue weighted by Crippen LogP contribution is -2.22. The first-order valence-electron chi connectivity index (χ1n) is 11.5. The summed E-state index contributed by atoms with van der Waals surface area (Å²) >= 11 is 0. The normalized spacial score (nSPS) is 14.5. The lowest BCUT2D eigenvalue weighted by atomic mass is 10.2. The highest BCUT2D eigenvalue weighted by atomic mass is 16.5. The zero-order valence-corrected chi connectivity index (χ0v) is 19.4. The number of fused-ring (bicyclic) bond motifs is 1. The predicted molar refractivity (Wildman–Crippen MR) is 130 cm³/mol. The number of aromatic nitrogens is 8. The van der Waals surface area contributed by atoms with Crippen LogP contribution in [0.2, 0.25) is 0 Å². The van der Waals surface area contributed by atoms with Gasteiger partial charge in [-0.1, -0.05) is 12.1 Å². The Morgan fingerprint density at radius 1 is 1.17 bits per heavy atom. The molecular weight excluding hydrogens is 444 g/mol. The quantitative estimate of drug-likeness (QED) is 0.361. The van der Waals surface area contributed by atoms with E-state index in [0.717, 1.165) is 16.8 Å². The second-order valence-electron chi connectivity index (χ2n) is 8.86. The summed E-state index contributed by atoms with van der Waals surface area (Å²) in [6, 6.07) is 11.2. The van der Waals surface area contributed by atoms with Gasteiger partial charge in [-0.05, 0) is 44.0 Å². The number of hydrogen-bond donors (Lipinski definition) is 0. The molecule has 0 radical (unpaired) electrons. The van der Waals surface area contributed by atoms with E-state index >= 15 is 0 Å². The third-order valence-electron chi connectivity index (χ3n) is 6.30. The number of benzene rings is 1. The van der Waals surface area contributed by atoms with Crippen LogP contribution in [0.1, 0.15) is 37.4 Å². The van der Waals surface area contributed by atoms with E-state index in [9.17, 15) is 4.79 Å². The van der Waals surface area contributed by atoms with Gasteiger partial charge in [-0.2, -0.15) is 9.78 Å². The molecular formula is C25H24N8O2. The zero-order chi connectivity index (χ0) is 23.9. The molecule has 1 aliphatic carbocycles. The molecule has 0 amide bonds. The van der Waals surface area contributed by atoms with Crippen molar-refractivity contribution in [2.75, 3.05) is 13.7 Å². The third kappa shape index (κ3) is 3.91. The minimum absolute atomic E-state index is 0.0269. The van der Waals surface area contributed by atoms with Gasteiger partial charge in [0.25, 0.3) is 5.56 Å². The number of rotatable bonds is 7. The number of imidazole rings is 1. The summed E-state index contributed by atoms with van der Waals surface area (Å²) in [5, 5.41) is 14.0. The van der Waals surface area contributed by atoms with Crippen LogP contribution in [0.15, 0.2) is 66.2 Å². The van der Waals surface area contributed by atoms with Gasteiger partial charge in [0, 0.05) is 30.3 Å². The number of nitrogens with zero attached hydrogens (tertiary/aromatic N) is 8. The van der Waals surface area contributed by atoms with Crippen LogP contribution in [0.4, 0.5) is 0 Å². The summed E-state index contributed by atoms with van der Waals surface area (Å²) in [5.74, 6) is 1.58. The van der Waals surface area contributed by atoms with E-state index in [0.29, 0.717) is 35.2 Å². The summed E-state index contributed by atoms with van der Waals surface area (Å²) in [5.41, 5.74) is 2.34. The summed E-state index contributed by atoms with van der Waals surface area (Å²) in [7, 11) is 1.65. The lowest BCUT2D eigenvalue weighted by Gasteiger charge is -2.14. The van der Waals surface area contributed by atoms with E-state index < -0.39 is 0 Å². The van der Waals surface area contributed by atoms with Crippen LogP contribution in [0, 0.1) is 0 Å². The minimum atomic E-state index is -0.245. The molecule has 35 heavy (non-hydrogen) atoms. The summed E-state index contributed by atoms with van der Waals surface area (Å²) < 4.78 is 10.5. The van der Waals surface area contributed by atoms with Gasteiger partial charge in [0.05, 0.1) is 36.3 Å². The van der Waals surface area contributed by atoms with Crippen molar-refractivity contribution in [3.63, 3.8) is 0 Å². The van der Waals surface area contributed by atoms with Crippen LogP contribution in [-0.4, -0.2) is 52.8 Å². The van der Waals surface area contributed by atoms with Crippen molar-refractivity contribution in [2.45, 2.75) is 31.7 Å². The molecule has 1 saturated carbocycles. The van der Waals surface area contributed by atoms with Crippen LogP contribution in [0.5, 0.6) is 0 Å². The van der Waals surface area contributed by atoms with Crippen molar-refractivity contribution in [2.24, 2.45) is 0 Å². The number of pyridine rings is 1. The summed E-state index contributed by atoms with van der Waals surface area (Å²) in [6.07, 6.45) is 9.57. The van der Waals surface area contributed by atoms with Crippen molar-refractivity contribution in [1.82, 2.24) is 39.1 Å². The molecule has 0 bridgehead atoms. The molecule has 0 saturated heterocycles. The van der Waals surface area contributed by atoms with Gasteiger partial charge in [0.1, 0.15) is 12.0 Å². The van der Waals surface area contributed by atoms with Crippen molar-refractivity contribution in [3.05, 3.63) is 77.5 Å². The highest BCUT2D eigenvalue weighted by Gasteiger charge is 2.25. The SMILES string of the molecule is COCC(C)n1cnnc1-c1cccc(-n2ncc3ccc(-n4cnc(C5CC5)c4)cc3c2=O)n1. The highest BCUT2D eigenvalue weighted by Crippen LogP contribution is 2.39. The largest absolute Gasteiger partial charge is 0.383 e. The molecule has 6 rings (SSSR count). The molecule has 0 spiro atoms. The van der Waals surface area contributed by atoms with E-state index in [4.69, 9.17) is 4.74 Å². The molecule has 1 fully saturated rings. The molecule has 0 aliphatic heterocycles. The average molecular weight is 469 g/mol. The molecule has 5 aromatic rings. The summed E-state index contributed by atoms with van der Waals surface area (Å²) in [6.45, 7) is 2.53. The first kappa shape index (κ1) is 21.4. The van der Waals surface area contributed by atoms with E-state index in [2.05, 4.69) is 25.3 Å². The molecule has 1 aromatic carbocycles. The van der Waals surface area contributed by atoms with Gasteiger partial charge >= 0.3 is 0 Å². The Balaban J connectivity index is 1.39. The molecule has 176 valence electrons. The van der Waals surface area contributed by atoms with Gasteiger partial charge < -0.3 is 13.9 Å². The average Bonchev–Trinajstić information content (AvgIpc) is 3.40. The summed E-state index contributed by atoms with van der Waals surface area (Å²) in [4.78, 5) is 22.7. The van der Waals surface area contributed by atoms with Crippen molar-refractivity contribution in [3.8, 4) is 23.0 Å². The maximum absolute atomic E-state index is 13.5. The number of ether oxygens (including phenoxy) is 1. The molecule has 10 nitrogen and oxygen atoms in total. The Morgan fingerprint density at radius 2 is 2.06 bits per heavy atom. The molecule has 4 heterocycles. The topological polar surface area (TPSA) is 106 Å². The standard InChI is InChI=1S/C25H24N8O2/c1-16(13-35-2)32-15-27-30-24(32)21-4-3-5-23(29-21)33-25(34)20-10-19(9-8-18(20)11-28-33)31-12-22(26-14-31)17-6-7-17/h3-5,8-12,14-17H,6-7,13H2,1-2H3. The lowest BCUT2D eigenvalue weighted by molar-refractivity contribution is 0.162. The number of methoxy groups -OCH3 is 1. The van der Waals surface area contributed by atoms with Crippen LogP contribution in [-0.2, 0) is 4.74 Å². The van der Waals surface area contributed by atoms with Gasteiger partial charge in [-0.3, -0.25) is 4.79 Å². The fourth-order valence-electron chi connectivity index (χ4n) is 4.26. The van der Waals surface area contributed by atoms with E-state index in [1.165, 1.54) is 17.5 Å². The first-order valence-corrected chi connectivity index (χ1v) is 11.5. The van der Waals surface area contributed by atoms with E-state index in [1.54, 1.807) is 32.0 Å². The molecule has 0 N–H and O–H groups in total. The maximum atomic E-state index is 13.5. The minimum Gasteiger partial charge on any atom is -0.383 e. The highest BCUT2D eigenvalue weighted by molar-refractivity contribution is 5.83. The second-order valence-corrected chi connectivity index (χ2v) is 8.86. The first-order chi connectivity index (χ1) is 17.1. The van der Waals surface area contributed by atoms with Crippen molar-refractivity contribution >= 4 is 10.8 Å². The van der Waals surface area contributed by atoms with E-state index in [1.807, 2.05) is 52.6 Å². The molecule has 1 aliphatic rings. The Kier molecular flexibility index (Phi) is 5.22. The Morgan fingerprint density at radius 3 is 2.89 bits per heavy atom. The fourth-order valence-corrected chi connectivity index (χ4v) is 4.26. The Bertz CT molecular complexity index is 1580. The van der Waals surface area contributed by atoms with Gasteiger partial charge in [-0.15, -0.1) is 10.2 Å². The molecule has 1 unspecified atom stereocenters. The van der Waals surface area contributed by atoms with Gasteiger partial charge in [0.2, 0.25) is 0 Å². The van der Waals surface area contributed by atoms with Crippen LogP contribution in [0.25, 0.3) is 33.8 Å². The van der Waals surface area contributed by atoms with Gasteiger partial charge in [-0.25, -0.2) is 9.97 Å². The molecule has 4 aromatic heterocycles.